The van der Waals surface area contributed by atoms with Gasteiger partial charge >= 0.3 is 0 Å². The van der Waals surface area contributed by atoms with Gasteiger partial charge in [0.05, 0.1) is 6.10 Å². The van der Waals surface area contributed by atoms with E-state index in [2.05, 4.69) is 43.4 Å². The van der Waals surface area contributed by atoms with E-state index in [-0.39, 0.29) is 11.5 Å². The number of ketones is 1. The topological polar surface area (TPSA) is 49.3 Å². The molecule has 3 heteroatoms. The Morgan fingerprint density at radius 1 is 1.10 bits per heavy atom. The molecule has 0 bridgehead atoms. The summed E-state index contributed by atoms with van der Waals surface area (Å²) < 4.78 is 0. The molecular weight excluding hydrogens is 358 g/mol. The highest BCUT2D eigenvalue weighted by molar-refractivity contribution is 5.93. The number of aliphatic hydroxyl groups excluding tert-OH is 1. The molecule has 4 aliphatic rings. The summed E-state index contributed by atoms with van der Waals surface area (Å²) in [7, 11) is 0. The second kappa shape index (κ2) is 7.12. The lowest BCUT2D eigenvalue weighted by molar-refractivity contribution is -0.114. The van der Waals surface area contributed by atoms with Crippen molar-refractivity contribution in [1.29, 1.82) is 0 Å². The van der Waals surface area contributed by atoms with Gasteiger partial charge in [-0.15, -0.1) is 0 Å². The molecule has 1 aromatic carbocycles. The van der Waals surface area contributed by atoms with E-state index in [1.807, 2.05) is 6.08 Å². The Labute approximate surface area is 174 Å². The van der Waals surface area contributed by atoms with Gasteiger partial charge in [-0.25, -0.2) is 0 Å². The summed E-state index contributed by atoms with van der Waals surface area (Å²) in [6.07, 6.45) is 8.59. The molecule has 2 saturated carbocycles. The molecule has 154 valence electrons. The Hall–Kier alpha value is -1.87. The molecule has 0 radical (unpaired) electrons. The number of anilines is 1. The summed E-state index contributed by atoms with van der Waals surface area (Å²) in [4.78, 5) is 12.1. The molecule has 0 spiro atoms. The van der Waals surface area contributed by atoms with Crippen LogP contribution in [-0.2, 0) is 4.79 Å². The standard InChI is InChI=1S/C26H33NO2/c1-3-27-18-7-4-16(5-8-18)22-15-26(2)23(12-13-24(26)29)21-10-6-17-14-19(28)9-11-20(17)25(21)22/h4-5,7-8,14,21-24,27,29H,3,6,9-13,15H2,1-2H3. The minimum atomic E-state index is -0.188. The second-order valence-corrected chi connectivity index (χ2v) is 9.83. The molecule has 2 N–H and O–H groups in total. The van der Waals surface area contributed by atoms with E-state index >= 15 is 0 Å². The summed E-state index contributed by atoms with van der Waals surface area (Å²) in [6.45, 7) is 5.38. The number of carbonyl (C=O) groups is 1. The number of carbonyl (C=O) groups excluding carboxylic acids is 1. The van der Waals surface area contributed by atoms with E-state index in [1.165, 1.54) is 22.4 Å². The number of hydrogen-bond donors (Lipinski definition) is 2. The van der Waals surface area contributed by atoms with Crippen molar-refractivity contribution in [2.45, 2.75) is 70.8 Å². The van der Waals surface area contributed by atoms with Gasteiger partial charge in [0.2, 0.25) is 0 Å². The Balaban J connectivity index is 1.62. The fourth-order valence-corrected chi connectivity index (χ4v) is 6.97. The van der Waals surface area contributed by atoms with Crippen molar-refractivity contribution in [2.75, 3.05) is 11.9 Å². The van der Waals surface area contributed by atoms with E-state index < -0.39 is 0 Å². The molecule has 1 aromatic rings. The van der Waals surface area contributed by atoms with Crippen LogP contribution in [0.4, 0.5) is 5.69 Å². The summed E-state index contributed by atoms with van der Waals surface area (Å²) in [5.41, 5.74) is 6.96. The minimum absolute atomic E-state index is 0.00539. The maximum atomic E-state index is 12.1. The van der Waals surface area contributed by atoms with Crippen LogP contribution in [0, 0.1) is 17.3 Å². The van der Waals surface area contributed by atoms with Gasteiger partial charge in [-0.3, -0.25) is 4.79 Å². The summed E-state index contributed by atoms with van der Waals surface area (Å²) in [5.74, 6) is 1.80. The van der Waals surface area contributed by atoms with Gasteiger partial charge in [0.25, 0.3) is 0 Å². The van der Waals surface area contributed by atoms with Gasteiger partial charge < -0.3 is 10.4 Å². The van der Waals surface area contributed by atoms with Crippen LogP contribution in [0.15, 0.2) is 47.1 Å². The van der Waals surface area contributed by atoms with Crippen LogP contribution in [0.3, 0.4) is 0 Å². The van der Waals surface area contributed by atoms with E-state index in [9.17, 15) is 9.90 Å². The van der Waals surface area contributed by atoms with Crippen LogP contribution in [-0.4, -0.2) is 23.5 Å². The lowest BCUT2D eigenvalue weighted by atomic mass is 9.53. The van der Waals surface area contributed by atoms with Crippen LogP contribution >= 0.6 is 0 Å². The van der Waals surface area contributed by atoms with Gasteiger partial charge in [-0.1, -0.05) is 24.6 Å². The zero-order chi connectivity index (χ0) is 20.2. The van der Waals surface area contributed by atoms with Crippen LogP contribution < -0.4 is 5.32 Å². The lowest BCUT2D eigenvalue weighted by Gasteiger charge is -2.52. The summed E-state index contributed by atoms with van der Waals surface area (Å²) in [5, 5.41) is 14.3. The second-order valence-electron chi connectivity index (χ2n) is 9.83. The predicted octanol–water partition coefficient (Wildman–Crippen LogP) is 5.38. The van der Waals surface area contributed by atoms with Crippen molar-refractivity contribution in [1.82, 2.24) is 0 Å². The number of nitrogens with one attached hydrogen (secondary N) is 1. The molecule has 29 heavy (non-hydrogen) atoms. The molecule has 0 amide bonds. The molecule has 0 aliphatic heterocycles. The number of hydrogen-bond acceptors (Lipinski definition) is 3. The average Bonchev–Trinajstić information content (AvgIpc) is 3.02. The van der Waals surface area contributed by atoms with Gasteiger partial charge in [0, 0.05) is 24.6 Å². The quantitative estimate of drug-likeness (QED) is 0.727. The van der Waals surface area contributed by atoms with Gasteiger partial charge in [-0.05, 0) is 97.6 Å². The molecule has 2 fully saturated rings. The normalized spacial score (nSPS) is 36.2. The minimum Gasteiger partial charge on any atom is -0.393 e. The molecule has 4 aliphatic carbocycles. The van der Waals surface area contributed by atoms with Crippen molar-refractivity contribution < 1.29 is 9.90 Å². The predicted molar refractivity (Wildman–Crippen MR) is 117 cm³/mol. The number of allylic oxidation sites excluding steroid dienone is 4. The fraction of sp³-hybridized carbons (Fsp3) is 0.577. The van der Waals surface area contributed by atoms with Crippen molar-refractivity contribution in [2.24, 2.45) is 17.3 Å². The third kappa shape index (κ3) is 3.01. The first-order valence-electron chi connectivity index (χ1n) is 11.5. The first-order valence-corrected chi connectivity index (χ1v) is 11.5. The Morgan fingerprint density at radius 2 is 1.90 bits per heavy atom. The van der Waals surface area contributed by atoms with Gasteiger partial charge in [0.15, 0.2) is 5.78 Å². The van der Waals surface area contributed by atoms with Crippen LogP contribution in [0.1, 0.15) is 70.3 Å². The maximum Gasteiger partial charge on any atom is 0.156 e. The molecule has 0 saturated heterocycles. The van der Waals surface area contributed by atoms with E-state index in [0.29, 0.717) is 30.0 Å². The van der Waals surface area contributed by atoms with E-state index in [4.69, 9.17) is 0 Å². The zero-order valence-corrected chi connectivity index (χ0v) is 17.7. The average molecular weight is 392 g/mol. The third-order valence-corrected chi connectivity index (χ3v) is 8.38. The Bertz CT molecular complexity index is 880. The van der Waals surface area contributed by atoms with Crippen molar-refractivity contribution in [3.8, 4) is 0 Å². The first kappa shape index (κ1) is 19.1. The summed E-state index contributed by atoms with van der Waals surface area (Å²) in [6, 6.07) is 8.96. The van der Waals surface area contributed by atoms with Crippen molar-refractivity contribution in [3.63, 3.8) is 0 Å². The lowest BCUT2D eigenvalue weighted by Crippen LogP contribution is -2.45. The third-order valence-electron chi connectivity index (χ3n) is 8.38. The highest BCUT2D eigenvalue weighted by Gasteiger charge is 2.56. The van der Waals surface area contributed by atoms with Crippen molar-refractivity contribution >= 4 is 11.5 Å². The van der Waals surface area contributed by atoms with Crippen LogP contribution in [0.5, 0.6) is 0 Å². The number of fused-ring (bicyclic) bond motifs is 4. The number of rotatable bonds is 3. The van der Waals surface area contributed by atoms with Gasteiger partial charge in [-0.2, -0.15) is 0 Å². The molecule has 0 heterocycles. The van der Waals surface area contributed by atoms with Crippen LogP contribution in [0.2, 0.25) is 0 Å². The zero-order valence-electron chi connectivity index (χ0n) is 17.7. The molecule has 5 rings (SSSR count). The summed E-state index contributed by atoms with van der Waals surface area (Å²) >= 11 is 0. The number of aliphatic hydroxyl groups is 1. The molecule has 5 atom stereocenters. The monoisotopic (exact) mass is 391 g/mol. The molecule has 3 nitrogen and oxygen atoms in total. The molecular formula is C26H33NO2. The fourth-order valence-electron chi connectivity index (χ4n) is 6.97. The number of benzene rings is 1. The van der Waals surface area contributed by atoms with E-state index in [0.717, 1.165) is 45.1 Å². The van der Waals surface area contributed by atoms with E-state index in [1.54, 1.807) is 5.57 Å². The smallest absolute Gasteiger partial charge is 0.156 e. The Morgan fingerprint density at radius 3 is 2.66 bits per heavy atom. The highest BCUT2D eigenvalue weighted by atomic mass is 16.3. The molecule has 5 unspecified atom stereocenters. The first-order chi connectivity index (χ1) is 14.0. The Kier molecular flexibility index (Phi) is 4.70. The SMILES string of the molecule is CCNc1ccc(C2CC3(C)C(O)CCC3C3CCC4=CC(=O)CCC4=C23)cc1. The molecule has 0 aromatic heterocycles. The van der Waals surface area contributed by atoms with Crippen LogP contribution in [0.25, 0.3) is 0 Å². The highest BCUT2D eigenvalue weighted by Crippen LogP contribution is 2.63. The van der Waals surface area contributed by atoms with Gasteiger partial charge in [0.1, 0.15) is 0 Å². The maximum absolute atomic E-state index is 12.1. The van der Waals surface area contributed by atoms with Crippen molar-refractivity contribution in [3.05, 3.63) is 52.6 Å². The largest absolute Gasteiger partial charge is 0.393 e.